The lowest BCUT2D eigenvalue weighted by molar-refractivity contribution is 0.568. The summed E-state index contributed by atoms with van der Waals surface area (Å²) in [6, 6.07) is 5.55. The first-order valence-electron chi connectivity index (χ1n) is 4.67. The first kappa shape index (κ1) is 10.6. The summed E-state index contributed by atoms with van der Waals surface area (Å²) in [5.41, 5.74) is 15.0. The summed E-state index contributed by atoms with van der Waals surface area (Å²) in [4.78, 5) is 0. The Kier molecular flexibility index (Phi) is 2.56. The van der Waals surface area contributed by atoms with E-state index in [1.807, 2.05) is 12.1 Å². The Bertz CT molecular complexity index is 359. The second-order valence-electron chi connectivity index (χ2n) is 4.58. The van der Waals surface area contributed by atoms with Crippen molar-refractivity contribution in [1.29, 1.82) is 0 Å². The average molecular weight is 190 g/mol. The molecular weight excluding hydrogens is 172 g/mol. The van der Waals surface area contributed by atoms with Gasteiger partial charge in [0.1, 0.15) is 0 Å². The Morgan fingerprint density at radius 2 is 1.79 bits per heavy atom. The number of hydrogen-bond acceptors (Lipinski definition) is 2. The molecule has 76 valence electrons. The molecule has 0 spiro atoms. The fraction of sp³-hybridized carbons (Fsp3) is 0.333. The van der Waals surface area contributed by atoms with Gasteiger partial charge in [-0.1, -0.05) is 33.4 Å². The van der Waals surface area contributed by atoms with E-state index in [0.29, 0.717) is 11.4 Å². The number of nitrogens with two attached hydrogens (primary N) is 2. The number of benzene rings is 1. The predicted molar refractivity (Wildman–Crippen MR) is 63.8 cm³/mol. The molecule has 0 aliphatic rings. The Balaban J connectivity index is 3.15. The van der Waals surface area contributed by atoms with E-state index in [9.17, 15) is 0 Å². The largest absolute Gasteiger partial charge is 0.399 e. The molecule has 1 rings (SSSR count). The number of allylic oxidation sites excluding steroid dienone is 1. The first-order chi connectivity index (χ1) is 6.32. The second-order valence-corrected chi connectivity index (χ2v) is 4.58. The Hall–Kier alpha value is -1.44. The fourth-order valence-corrected chi connectivity index (χ4v) is 1.26. The molecule has 14 heavy (non-hydrogen) atoms. The molecule has 1 aromatic carbocycles. The topological polar surface area (TPSA) is 52.0 Å². The highest BCUT2D eigenvalue weighted by Crippen LogP contribution is 2.35. The molecule has 0 unspecified atom stereocenters. The van der Waals surface area contributed by atoms with E-state index in [1.54, 1.807) is 6.07 Å². The lowest BCUT2D eigenvalue weighted by Crippen LogP contribution is -2.09. The van der Waals surface area contributed by atoms with Crippen molar-refractivity contribution in [3.05, 3.63) is 30.3 Å². The van der Waals surface area contributed by atoms with Gasteiger partial charge in [0.2, 0.25) is 0 Å². The lowest BCUT2D eigenvalue weighted by Gasteiger charge is -2.23. The molecule has 0 saturated heterocycles. The van der Waals surface area contributed by atoms with Crippen LogP contribution in [0.1, 0.15) is 26.3 Å². The zero-order valence-electron chi connectivity index (χ0n) is 9.09. The maximum Gasteiger partial charge on any atom is 0.0411 e. The van der Waals surface area contributed by atoms with Crippen molar-refractivity contribution < 1.29 is 0 Å². The number of anilines is 2. The molecule has 0 radical (unpaired) electrons. The molecule has 0 aliphatic carbocycles. The summed E-state index contributed by atoms with van der Waals surface area (Å²) in [5.74, 6) is 0. The van der Waals surface area contributed by atoms with E-state index in [2.05, 4.69) is 27.4 Å². The Labute approximate surface area is 85.6 Å². The van der Waals surface area contributed by atoms with Gasteiger partial charge in [0.15, 0.2) is 0 Å². The van der Waals surface area contributed by atoms with Crippen molar-refractivity contribution in [2.75, 3.05) is 11.5 Å². The van der Waals surface area contributed by atoms with Crippen molar-refractivity contribution in [1.82, 2.24) is 0 Å². The average Bonchev–Trinajstić information content (AvgIpc) is 2.01. The van der Waals surface area contributed by atoms with Gasteiger partial charge in [-0.25, -0.2) is 0 Å². The maximum atomic E-state index is 5.88. The summed E-state index contributed by atoms with van der Waals surface area (Å²) in [5, 5.41) is 0. The van der Waals surface area contributed by atoms with Crippen LogP contribution in [-0.4, -0.2) is 0 Å². The van der Waals surface area contributed by atoms with E-state index in [1.165, 1.54) is 0 Å². The van der Waals surface area contributed by atoms with Crippen LogP contribution in [0.15, 0.2) is 24.8 Å². The van der Waals surface area contributed by atoms with Crippen molar-refractivity contribution in [2.45, 2.75) is 20.8 Å². The van der Waals surface area contributed by atoms with Crippen LogP contribution in [0.2, 0.25) is 0 Å². The normalized spacial score (nSPS) is 11.4. The molecule has 0 amide bonds. The highest BCUT2D eigenvalue weighted by molar-refractivity contribution is 5.78. The van der Waals surface area contributed by atoms with Gasteiger partial charge in [-0.3, -0.25) is 0 Å². The van der Waals surface area contributed by atoms with Gasteiger partial charge in [-0.15, -0.1) is 0 Å². The molecule has 2 heteroatoms. The molecule has 4 N–H and O–H groups in total. The van der Waals surface area contributed by atoms with E-state index < -0.39 is 0 Å². The van der Waals surface area contributed by atoms with Gasteiger partial charge in [0.05, 0.1) is 0 Å². The summed E-state index contributed by atoms with van der Waals surface area (Å²) < 4.78 is 0. The molecule has 0 aromatic heterocycles. The van der Waals surface area contributed by atoms with Gasteiger partial charge >= 0.3 is 0 Å². The van der Waals surface area contributed by atoms with Crippen LogP contribution in [0, 0.1) is 5.41 Å². The molecule has 2 nitrogen and oxygen atoms in total. The third-order valence-electron chi connectivity index (χ3n) is 2.31. The summed E-state index contributed by atoms with van der Waals surface area (Å²) >= 11 is 0. The minimum atomic E-state index is 0.0320. The minimum Gasteiger partial charge on any atom is -0.399 e. The molecule has 0 atom stereocenters. The van der Waals surface area contributed by atoms with Gasteiger partial charge in [0.25, 0.3) is 0 Å². The van der Waals surface area contributed by atoms with Crippen LogP contribution in [0.3, 0.4) is 0 Å². The second kappa shape index (κ2) is 3.37. The van der Waals surface area contributed by atoms with Crippen molar-refractivity contribution in [2.24, 2.45) is 5.41 Å². The zero-order chi connectivity index (χ0) is 10.9. The monoisotopic (exact) mass is 190 g/mol. The third-order valence-corrected chi connectivity index (χ3v) is 2.31. The quantitative estimate of drug-likeness (QED) is 0.669. The third kappa shape index (κ3) is 2.08. The Morgan fingerprint density at radius 3 is 2.21 bits per heavy atom. The van der Waals surface area contributed by atoms with Crippen molar-refractivity contribution >= 4 is 16.9 Å². The van der Waals surface area contributed by atoms with Crippen LogP contribution in [0.4, 0.5) is 11.4 Å². The molecule has 0 aliphatic heterocycles. The summed E-state index contributed by atoms with van der Waals surface area (Å²) in [6.45, 7) is 10.4. The van der Waals surface area contributed by atoms with Gasteiger partial charge in [0, 0.05) is 16.9 Å². The maximum absolute atomic E-state index is 5.88. The van der Waals surface area contributed by atoms with Crippen LogP contribution in [-0.2, 0) is 0 Å². The van der Waals surface area contributed by atoms with Gasteiger partial charge < -0.3 is 11.5 Å². The SMILES string of the molecule is C=C(c1ccc(N)cc1N)C(C)(C)C. The number of hydrogen-bond donors (Lipinski definition) is 2. The van der Waals surface area contributed by atoms with Crippen molar-refractivity contribution in [3.8, 4) is 0 Å². The smallest absolute Gasteiger partial charge is 0.0411 e. The van der Waals surface area contributed by atoms with E-state index in [0.717, 1.165) is 11.1 Å². The highest BCUT2D eigenvalue weighted by Gasteiger charge is 2.18. The standard InChI is InChI=1S/C12H18N2/c1-8(12(2,3)4)10-6-5-9(13)7-11(10)14/h5-7H,1,13-14H2,2-4H3. The molecular formula is C12H18N2. The van der Waals surface area contributed by atoms with E-state index >= 15 is 0 Å². The summed E-state index contributed by atoms with van der Waals surface area (Å²) in [6.07, 6.45) is 0. The first-order valence-corrected chi connectivity index (χ1v) is 4.67. The summed E-state index contributed by atoms with van der Waals surface area (Å²) in [7, 11) is 0. The predicted octanol–water partition coefficient (Wildman–Crippen LogP) is 2.91. The molecule has 0 bridgehead atoms. The fourth-order valence-electron chi connectivity index (χ4n) is 1.26. The Morgan fingerprint density at radius 1 is 1.21 bits per heavy atom. The molecule has 0 heterocycles. The molecule has 1 aromatic rings. The number of rotatable bonds is 1. The lowest BCUT2D eigenvalue weighted by atomic mass is 9.82. The van der Waals surface area contributed by atoms with E-state index in [4.69, 9.17) is 11.5 Å². The zero-order valence-corrected chi connectivity index (χ0v) is 9.09. The van der Waals surface area contributed by atoms with Crippen LogP contribution < -0.4 is 11.5 Å². The van der Waals surface area contributed by atoms with Crippen LogP contribution in [0.25, 0.3) is 5.57 Å². The van der Waals surface area contributed by atoms with Crippen LogP contribution >= 0.6 is 0 Å². The van der Waals surface area contributed by atoms with Gasteiger partial charge in [-0.2, -0.15) is 0 Å². The van der Waals surface area contributed by atoms with Crippen molar-refractivity contribution in [3.63, 3.8) is 0 Å². The molecule has 0 fully saturated rings. The minimum absolute atomic E-state index is 0.0320. The van der Waals surface area contributed by atoms with Crippen LogP contribution in [0.5, 0.6) is 0 Å². The van der Waals surface area contributed by atoms with E-state index in [-0.39, 0.29) is 5.41 Å². The van der Waals surface area contributed by atoms with Gasteiger partial charge in [-0.05, 0) is 23.1 Å². The number of nitrogen functional groups attached to an aromatic ring is 2. The molecule has 0 saturated carbocycles. The highest BCUT2D eigenvalue weighted by atomic mass is 14.6.